The minimum absolute atomic E-state index is 0.0370. The van der Waals surface area contributed by atoms with Crippen LogP contribution in [0, 0.1) is 10.8 Å². The van der Waals surface area contributed by atoms with Crippen LogP contribution in [-0.4, -0.2) is 8.07 Å². The number of rotatable bonds is 2. The zero-order valence-electron chi connectivity index (χ0n) is 28.3. The van der Waals surface area contributed by atoms with Gasteiger partial charge in [-0.15, -0.1) is 0 Å². The minimum Gasteiger partial charge on any atom is -0.0745 e. The number of allylic oxidation sites excluding steroid dienone is 4. The molecule has 2 heterocycles. The smallest absolute Gasteiger partial charge is 0.0745 e. The number of hydrogen-bond acceptors (Lipinski definition) is 0. The Morgan fingerprint density at radius 2 is 1.00 bits per heavy atom. The Hall–Kier alpha value is -3.68. The molecule has 0 fully saturated rings. The fraction of sp³-hybridized carbons (Fsp3) is 0.318. The first-order valence-electron chi connectivity index (χ1n) is 17.1. The first-order chi connectivity index (χ1) is 21.4. The van der Waals surface area contributed by atoms with Crippen molar-refractivity contribution in [2.45, 2.75) is 79.3 Å². The number of benzene rings is 4. The van der Waals surface area contributed by atoms with Crippen molar-refractivity contribution >= 4 is 53.5 Å². The van der Waals surface area contributed by atoms with E-state index in [1.165, 1.54) is 67.4 Å². The molecule has 1 spiro atoms. The van der Waals surface area contributed by atoms with E-state index in [1.807, 2.05) is 0 Å². The summed E-state index contributed by atoms with van der Waals surface area (Å²) in [5, 5.41) is 6.27. The average Bonchev–Trinajstić information content (AvgIpc) is 3.37. The summed E-state index contributed by atoms with van der Waals surface area (Å²) < 4.78 is 0. The van der Waals surface area contributed by atoms with Gasteiger partial charge < -0.3 is 0 Å². The summed E-state index contributed by atoms with van der Waals surface area (Å²) in [4.78, 5) is 0. The SMILES string of the molecule is CC(C)c1c2c(c(C(C)C)c3cc4c(cc13)-c1cc3c(cc1[Si]41Cc4ccccc4C1)C=CC(C)(C)C=C3)C=CC(C)(C)C=C2. The van der Waals surface area contributed by atoms with E-state index in [1.54, 1.807) is 21.5 Å². The molecule has 0 saturated heterocycles. The maximum atomic E-state index is 2.72. The zero-order chi connectivity index (χ0) is 31.5. The minimum atomic E-state index is -2.10. The molecule has 0 N–H and O–H groups in total. The highest BCUT2D eigenvalue weighted by molar-refractivity contribution is 7.05. The summed E-state index contributed by atoms with van der Waals surface area (Å²) in [5.41, 5.74) is 14.9. The largest absolute Gasteiger partial charge is 0.128 e. The van der Waals surface area contributed by atoms with E-state index in [0.717, 1.165) is 0 Å². The maximum Gasteiger partial charge on any atom is 0.128 e. The topological polar surface area (TPSA) is 0 Å². The molecule has 45 heavy (non-hydrogen) atoms. The molecule has 0 saturated carbocycles. The highest BCUT2D eigenvalue weighted by Crippen LogP contribution is 2.46. The predicted molar refractivity (Wildman–Crippen MR) is 200 cm³/mol. The molecule has 0 unspecified atom stereocenters. The Morgan fingerprint density at radius 1 is 0.556 bits per heavy atom. The van der Waals surface area contributed by atoms with Crippen molar-refractivity contribution in [1.82, 2.24) is 0 Å². The molecule has 0 nitrogen and oxygen atoms in total. The maximum absolute atomic E-state index is 2.72. The van der Waals surface area contributed by atoms with E-state index in [9.17, 15) is 0 Å². The second-order valence-corrected chi connectivity index (χ2v) is 20.1. The number of fused-ring (bicyclic) bond motifs is 9. The van der Waals surface area contributed by atoms with Gasteiger partial charge in [-0.3, -0.25) is 0 Å². The molecule has 2 aliphatic carbocycles. The first-order valence-corrected chi connectivity index (χ1v) is 19.5. The van der Waals surface area contributed by atoms with Crippen molar-refractivity contribution < 1.29 is 0 Å². The van der Waals surface area contributed by atoms with Gasteiger partial charge in [-0.25, -0.2) is 0 Å². The van der Waals surface area contributed by atoms with Crippen LogP contribution in [0.5, 0.6) is 0 Å². The van der Waals surface area contributed by atoms with Crippen LogP contribution >= 0.6 is 0 Å². The van der Waals surface area contributed by atoms with Gasteiger partial charge in [-0.05, 0) is 113 Å². The summed E-state index contributed by atoms with van der Waals surface area (Å²) in [6.45, 7) is 18.8. The molecule has 226 valence electrons. The van der Waals surface area contributed by atoms with Gasteiger partial charge in [0.1, 0.15) is 8.07 Å². The van der Waals surface area contributed by atoms with Gasteiger partial charge in [0.05, 0.1) is 0 Å². The van der Waals surface area contributed by atoms with E-state index in [-0.39, 0.29) is 10.8 Å². The van der Waals surface area contributed by atoms with Crippen molar-refractivity contribution in [3.05, 3.63) is 117 Å². The van der Waals surface area contributed by atoms with Crippen molar-refractivity contribution in [1.29, 1.82) is 0 Å². The van der Waals surface area contributed by atoms with E-state index < -0.39 is 8.07 Å². The molecule has 0 radical (unpaired) electrons. The van der Waals surface area contributed by atoms with Gasteiger partial charge in [-0.1, -0.05) is 140 Å². The summed E-state index contributed by atoms with van der Waals surface area (Å²) in [7, 11) is -2.10. The van der Waals surface area contributed by atoms with Crippen molar-refractivity contribution in [2.24, 2.45) is 10.8 Å². The lowest BCUT2D eigenvalue weighted by Crippen LogP contribution is -2.57. The normalized spacial score (nSPS) is 19.1. The average molecular weight is 603 g/mol. The van der Waals surface area contributed by atoms with E-state index in [2.05, 4.69) is 153 Å². The van der Waals surface area contributed by atoms with Crippen LogP contribution in [0.1, 0.15) is 112 Å². The molecule has 8 rings (SSSR count). The van der Waals surface area contributed by atoms with Crippen LogP contribution in [-0.2, 0) is 12.1 Å². The standard InChI is InChI=1S/C44H46Si/c1-27(2)41-33-15-19-44(7,8)20-16-34(33)42(28(3)4)38-24-40-36(23-37(38)41)35-21-29-13-17-43(5,6)18-14-30(29)22-39(35)45(40)25-31-11-9-10-12-32(31)26-45/h9-24,27-28H,25-26H2,1-8H3. The lowest BCUT2D eigenvalue weighted by atomic mass is 9.80. The highest BCUT2D eigenvalue weighted by Gasteiger charge is 2.50. The lowest BCUT2D eigenvalue weighted by Gasteiger charge is -2.27. The van der Waals surface area contributed by atoms with E-state index in [0.29, 0.717) is 11.8 Å². The van der Waals surface area contributed by atoms with Gasteiger partial charge >= 0.3 is 0 Å². The Kier molecular flexibility index (Phi) is 6.18. The van der Waals surface area contributed by atoms with Crippen molar-refractivity contribution in [3.8, 4) is 11.1 Å². The summed E-state index contributed by atoms with van der Waals surface area (Å²) in [5.74, 6) is 0.849. The Morgan fingerprint density at radius 3 is 1.53 bits per heavy atom. The van der Waals surface area contributed by atoms with Gasteiger partial charge in [0.2, 0.25) is 0 Å². The summed E-state index contributed by atoms with van der Waals surface area (Å²) in [6.07, 6.45) is 19.3. The van der Waals surface area contributed by atoms with Gasteiger partial charge in [0, 0.05) is 10.8 Å². The molecule has 2 aliphatic heterocycles. The fourth-order valence-electron chi connectivity index (χ4n) is 8.85. The molecule has 1 heteroatoms. The predicted octanol–water partition coefficient (Wildman–Crippen LogP) is 10.6. The van der Waals surface area contributed by atoms with Crippen LogP contribution in [0.4, 0.5) is 0 Å². The number of hydrogen-bond donors (Lipinski definition) is 0. The quantitative estimate of drug-likeness (QED) is 0.200. The molecule has 0 bridgehead atoms. The Labute approximate surface area is 271 Å². The molecular formula is C44H46Si. The highest BCUT2D eigenvalue weighted by atomic mass is 28.3. The van der Waals surface area contributed by atoms with Gasteiger partial charge in [0.25, 0.3) is 0 Å². The van der Waals surface area contributed by atoms with E-state index in [4.69, 9.17) is 0 Å². The third-order valence-electron chi connectivity index (χ3n) is 11.2. The molecule has 0 amide bonds. The summed E-state index contributed by atoms with van der Waals surface area (Å²) >= 11 is 0. The van der Waals surface area contributed by atoms with Crippen LogP contribution in [0.3, 0.4) is 0 Å². The van der Waals surface area contributed by atoms with Crippen LogP contribution in [0.25, 0.3) is 46.2 Å². The lowest BCUT2D eigenvalue weighted by molar-refractivity contribution is 0.633. The van der Waals surface area contributed by atoms with Gasteiger partial charge in [0.15, 0.2) is 0 Å². The second kappa shape index (κ2) is 9.66. The molecule has 4 aliphatic rings. The third kappa shape index (κ3) is 4.30. The van der Waals surface area contributed by atoms with Gasteiger partial charge in [-0.2, -0.15) is 0 Å². The Bertz CT molecular complexity index is 2030. The summed E-state index contributed by atoms with van der Waals surface area (Å²) in [6, 6.07) is 22.2. The van der Waals surface area contributed by atoms with Crippen LogP contribution < -0.4 is 10.4 Å². The molecule has 4 aromatic carbocycles. The first kappa shape index (κ1) is 28.8. The fourth-order valence-corrected chi connectivity index (χ4v) is 14.3. The Balaban J connectivity index is 1.49. The van der Waals surface area contributed by atoms with Crippen molar-refractivity contribution in [2.75, 3.05) is 0 Å². The van der Waals surface area contributed by atoms with E-state index >= 15 is 0 Å². The molecule has 0 aromatic heterocycles. The monoisotopic (exact) mass is 602 g/mol. The zero-order valence-corrected chi connectivity index (χ0v) is 29.3. The van der Waals surface area contributed by atoms with Crippen molar-refractivity contribution in [3.63, 3.8) is 0 Å². The van der Waals surface area contributed by atoms with Crippen LogP contribution in [0.15, 0.2) is 72.8 Å². The third-order valence-corrected chi connectivity index (χ3v) is 16.0. The van der Waals surface area contributed by atoms with Crippen LogP contribution in [0.2, 0.25) is 0 Å². The molecule has 0 atom stereocenters. The molecular weight excluding hydrogens is 557 g/mol. The molecule has 4 aromatic rings. The second-order valence-electron chi connectivity index (χ2n) is 16.1.